The topological polar surface area (TPSA) is 80.3 Å². The monoisotopic (exact) mass is 447 g/mol. The van der Waals surface area contributed by atoms with Crippen molar-refractivity contribution in [2.75, 3.05) is 6.26 Å². The first-order valence-electron chi connectivity index (χ1n) is 9.27. The molecule has 0 saturated heterocycles. The lowest BCUT2D eigenvalue weighted by atomic mass is 9.98. The summed E-state index contributed by atoms with van der Waals surface area (Å²) in [5, 5.41) is 0. The van der Waals surface area contributed by atoms with Crippen molar-refractivity contribution in [2.45, 2.75) is 29.2 Å². The molecule has 3 rings (SSSR count). The van der Waals surface area contributed by atoms with E-state index >= 15 is 0 Å². The van der Waals surface area contributed by atoms with Gasteiger partial charge >= 0.3 is 0 Å². The minimum atomic E-state index is -4.01. The average Bonchev–Trinajstić information content (AvgIpc) is 2.72. The van der Waals surface area contributed by atoms with Crippen LogP contribution in [0.1, 0.15) is 29.7 Å². The number of halogens is 1. The molecule has 0 bridgehead atoms. The van der Waals surface area contributed by atoms with Crippen molar-refractivity contribution in [2.24, 2.45) is 0 Å². The molecule has 0 aliphatic rings. The Morgan fingerprint density at radius 3 is 1.97 bits per heavy atom. The second kappa shape index (κ2) is 8.67. The van der Waals surface area contributed by atoms with E-state index < -0.39 is 31.7 Å². The highest BCUT2D eigenvalue weighted by Gasteiger charge is 2.24. The molecule has 0 radical (unpaired) electrons. The minimum absolute atomic E-state index is 0.0262. The largest absolute Gasteiger partial charge is 0.241 e. The van der Waals surface area contributed by atoms with Crippen LogP contribution in [0.4, 0.5) is 4.39 Å². The fraction of sp³-hybridized carbons (Fsp3) is 0.182. The van der Waals surface area contributed by atoms with Gasteiger partial charge in [0.25, 0.3) is 0 Å². The van der Waals surface area contributed by atoms with Gasteiger partial charge in [-0.3, -0.25) is 0 Å². The number of rotatable bonds is 7. The van der Waals surface area contributed by atoms with E-state index in [1.165, 1.54) is 42.5 Å². The summed E-state index contributed by atoms with van der Waals surface area (Å²) in [6.45, 7) is 2.02. The Labute approximate surface area is 176 Å². The van der Waals surface area contributed by atoms with Gasteiger partial charge in [0.15, 0.2) is 9.84 Å². The standard InChI is InChI=1S/C22H22FNO4S2/c1-3-16-7-9-17(10-8-16)22(18-5-4-6-19(23)15-18)24-30(27,28)21-13-11-20(12-14-21)29(2,25)26/h4-15,22,24H,3H2,1-2H3. The van der Waals surface area contributed by atoms with Gasteiger partial charge in [-0.1, -0.05) is 43.3 Å². The van der Waals surface area contributed by atoms with Crippen LogP contribution in [0.3, 0.4) is 0 Å². The Morgan fingerprint density at radius 2 is 1.43 bits per heavy atom. The Balaban J connectivity index is 2.01. The zero-order valence-electron chi connectivity index (χ0n) is 16.5. The molecule has 0 fully saturated rings. The Hall–Kier alpha value is -2.55. The highest BCUT2D eigenvalue weighted by atomic mass is 32.2. The summed E-state index contributed by atoms with van der Waals surface area (Å²) in [6.07, 6.45) is 1.89. The number of benzene rings is 3. The second-order valence-electron chi connectivity index (χ2n) is 6.95. The van der Waals surface area contributed by atoms with E-state index in [2.05, 4.69) is 4.72 Å². The summed E-state index contributed by atoms with van der Waals surface area (Å²) in [6, 6.07) is 17.3. The second-order valence-corrected chi connectivity index (χ2v) is 10.7. The van der Waals surface area contributed by atoms with Crippen LogP contribution in [0.5, 0.6) is 0 Å². The SMILES string of the molecule is CCc1ccc(C(NS(=O)(=O)c2ccc(S(C)(=O)=O)cc2)c2cccc(F)c2)cc1. The van der Waals surface area contributed by atoms with E-state index in [0.717, 1.165) is 18.2 Å². The van der Waals surface area contributed by atoms with Crippen molar-refractivity contribution >= 4 is 19.9 Å². The molecule has 1 unspecified atom stereocenters. The van der Waals surface area contributed by atoms with Crippen molar-refractivity contribution in [3.63, 3.8) is 0 Å². The summed E-state index contributed by atoms with van der Waals surface area (Å²) in [5.74, 6) is -0.473. The van der Waals surface area contributed by atoms with E-state index in [9.17, 15) is 21.2 Å². The molecule has 1 atom stereocenters. The number of aryl methyl sites for hydroxylation is 1. The zero-order valence-corrected chi connectivity index (χ0v) is 18.2. The number of sulfonamides is 1. The van der Waals surface area contributed by atoms with Gasteiger partial charge in [-0.15, -0.1) is 0 Å². The highest BCUT2D eigenvalue weighted by Crippen LogP contribution is 2.26. The summed E-state index contributed by atoms with van der Waals surface area (Å²) in [5.41, 5.74) is 2.21. The summed E-state index contributed by atoms with van der Waals surface area (Å²) in [4.78, 5) is -0.0558. The molecule has 3 aromatic carbocycles. The first-order chi connectivity index (χ1) is 14.1. The van der Waals surface area contributed by atoms with Gasteiger partial charge < -0.3 is 0 Å². The molecule has 0 amide bonds. The molecule has 1 N–H and O–H groups in total. The molecular formula is C22H22FNO4S2. The van der Waals surface area contributed by atoms with Gasteiger partial charge in [0.05, 0.1) is 15.8 Å². The average molecular weight is 448 g/mol. The zero-order chi connectivity index (χ0) is 21.9. The maximum absolute atomic E-state index is 13.8. The van der Waals surface area contributed by atoms with Gasteiger partial charge in [-0.25, -0.2) is 21.2 Å². The molecule has 0 saturated carbocycles. The Bertz CT molecular complexity index is 1240. The molecule has 0 aliphatic heterocycles. The molecular weight excluding hydrogens is 425 g/mol. The summed E-state index contributed by atoms with van der Waals surface area (Å²) >= 11 is 0. The third kappa shape index (κ3) is 5.13. The molecule has 0 heterocycles. The Morgan fingerprint density at radius 1 is 0.833 bits per heavy atom. The van der Waals surface area contributed by atoms with Gasteiger partial charge in [-0.05, 0) is 59.5 Å². The van der Waals surface area contributed by atoms with Crippen LogP contribution in [0.2, 0.25) is 0 Å². The van der Waals surface area contributed by atoms with Gasteiger partial charge in [0.1, 0.15) is 5.82 Å². The van der Waals surface area contributed by atoms with Crippen LogP contribution < -0.4 is 4.72 Å². The molecule has 5 nitrogen and oxygen atoms in total. The summed E-state index contributed by atoms with van der Waals surface area (Å²) < 4.78 is 65.7. The third-order valence-corrected chi connectivity index (χ3v) is 7.31. The van der Waals surface area contributed by atoms with Gasteiger partial charge in [-0.2, -0.15) is 4.72 Å². The van der Waals surface area contributed by atoms with Crippen molar-refractivity contribution in [3.05, 3.63) is 95.3 Å². The maximum Gasteiger partial charge on any atom is 0.241 e. The first-order valence-corrected chi connectivity index (χ1v) is 12.6. The van der Waals surface area contributed by atoms with E-state index in [-0.39, 0.29) is 9.79 Å². The molecule has 0 aliphatic carbocycles. The lowest BCUT2D eigenvalue weighted by molar-refractivity contribution is 0.569. The van der Waals surface area contributed by atoms with Crippen LogP contribution in [-0.4, -0.2) is 23.1 Å². The molecule has 3 aromatic rings. The predicted molar refractivity (Wildman–Crippen MR) is 114 cm³/mol. The number of hydrogen-bond donors (Lipinski definition) is 1. The molecule has 0 aromatic heterocycles. The van der Waals surface area contributed by atoms with E-state index in [0.29, 0.717) is 11.1 Å². The first kappa shape index (κ1) is 22.1. The van der Waals surface area contributed by atoms with Crippen LogP contribution >= 0.6 is 0 Å². The lowest BCUT2D eigenvalue weighted by Gasteiger charge is -2.20. The fourth-order valence-electron chi connectivity index (χ4n) is 3.05. The summed E-state index contributed by atoms with van der Waals surface area (Å²) in [7, 11) is -7.46. The number of hydrogen-bond acceptors (Lipinski definition) is 4. The smallest absolute Gasteiger partial charge is 0.224 e. The van der Waals surface area contributed by atoms with Gasteiger partial charge in [0, 0.05) is 6.26 Å². The quantitative estimate of drug-likeness (QED) is 0.596. The number of sulfone groups is 1. The highest BCUT2D eigenvalue weighted by molar-refractivity contribution is 7.90. The van der Waals surface area contributed by atoms with Crippen LogP contribution in [0.25, 0.3) is 0 Å². The number of nitrogens with one attached hydrogen (secondary N) is 1. The molecule has 0 spiro atoms. The maximum atomic E-state index is 13.8. The van der Waals surface area contributed by atoms with Crippen molar-refractivity contribution in [1.29, 1.82) is 0 Å². The van der Waals surface area contributed by atoms with Gasteiger partial charge in [0.2, 0.25) is 10.0 Å². The normalized spacial score (nSPS) is 13.2. The van der Waals surface area contributed by atoms with Crippen molar-refractivity contribution < 1.29 is 21.2 Å². The fourth-order valence-corrected chi connectivity index (χ4v) is 4.89. The molecule has 158 valence electrons. The predicted octanol–water partition coefficient (Wildman–Crippen LogP) is 3.86. The minimum Gasteiger partial charge on any atom is -0.224 e. The van der Waals surface area contributed by atoms with Crippen LogP contribution in [-0.2, 0) is 26.3 Å². The van der Waals surface area contributed by atoms with Crippen LogP contribution in [0, 0.1) is 5.82 Å². The third-order valence-electron chi connectivity index (χ3n) is 4.74. The van der Waals surface area contributed by atoms with E-state index in [1.807, 2.05) is 31.2 Å². The Kier molecular flexibility index (Phi) is 6.40. The van der Waals surface area contributed by atoms with Crippen LogP contribution in [0.15, 0.2) is 82.6 Å². The molecule has 30 heavy (non-hydrogen) atoms. The van der Waals surface area contributed by atoms with Crippen molar-refractivity contribution in [3.8, 4) is 0 Å². The molecule has 8 heteroatoms. The van der Waals surface area contributed by atoms with E-state index in [1.54, 1.807) is 6.07 Å². The van der Waals surface area contributed by atoms with E-state index in [4.69, 9.17) is 0 Å². The lowest BCUT2D eigenvalue weighted by Crippen LogP contribution is -2.29. The van der Waals surface area contributed by atoms with Crippen molar-refractivity contribution in [1.82, 2.24) is 4.72 Å².